The number of ether oxygens (including phenoxy) is 14. The fourth-order valence-corrected chi connectivity index (χ4v) is 30.7. The predicted octanol–water partition coefficient (Wildman–Crippen LogP) is 15.1. The lowest BCUT2D eigenvalue weighted by Gasteiger charge is -2.65. The first-order valence-corrected chi connectivity index (χ1v) is 41.0. The van der Waals surface area contributed by atoms with Crippen LogP contribution in [-0.4, -0.2) is 153 Å². The second-order valence-electron chi connectivity index (χ2n) is 38.4. The highest BCUT2D eigenvalue weighted by Gasteiger charge is 2.86. The standard InChI is InChI=1S/2C29H38O6.C29H38O5.3CH4/c2*1-24-10-11-26(31-12-13-32-26)18-28(24)22(35-28)16-20-21-8-9-29(33-14-15-34-29)25(21,2)17-27(30,23(20)24)19-6-4-3-5-7-19;1-25-12-13-27(31-14-15-32-27)18-21(25)8-9-22-23-10-11-29(33-16-17-34-29)26(23,2)19-28(30,24(22)25)20-6-4-3-5-7-20;;;/h2*3-7,20-23,30H,8-18H2,1-2H3;3-8,22-24,30H,9-19H2,1-2H3;3*1H4/t20-,21-,22+,23-,24+,25-,27+,28+;20-,21-,22-,23-,24+,25-,27+,28-;22-,23-,24-,25-,26-,28+;;;/m000.../s1. The zero-order chi connectivity index (χ0) is 70.7. The van der Waals surface area contributed by atoms with E-state index in [-0.39, 0.29) is 95.9 Å². The average Bonchev–Trinajstić information content (AvgIpc) is 1.49. The Bertz CT molecular complexity index is 3670. The normalized spacial score (nSPS) is 49.1. The van der Waals surface area contributed by atoms with Gasteiger partial charge in [0.1, 0.15) is 11.2 Å². The van der Waals surface area contributed by atoms with E-state index in [1.165, 1.54) is 5.57 Å². The van der Waals surface area contributed by atoms with Crippen LogP contribution < -0.4 is 0 Å². The molecule has 22 atom stereocenters. The van der Waals surface area contributed by atoms with Gasteiger partial charge in [0.15, 0.2) is 34.7 Å². The summed E-state index contributed by atoms with van der Waals surface area (Å²) in [5.41, 5.74) is -0.0161. The van der Waals surface area contributed by atoms with Crippen molar-refractivity contribution in [3.63, 3.8) is 0 Å². The van der Waals surface area contributed by atoms with Crippen LogP contribution in [0.4, 0.5) is 0 Å². The van der Waals surface area contributed by atoms with Gasteiger partial charge in [0.05, 0.1) is 108 Å². The van der Waals surface area contributed by atoms with E-state index in [1.807, 2.05) is 18.2 Å². The van der Waals surface area contributed by atoms with Crippen molar-refractivity contribution in [2.45, 2.75) is 274 Å². The van der Waals surface area contributed by atoms with E-state index < -0.39 is 51.5 Å². The van der Waals surface area contributed by atoms with Gasteiger partial charge in [-0.3, -0.25) is 0 Å². The summed E-state index contributed by atoms with van der Waals surface area (Å²) in [4.78, 5) is 0. The lowest BCUT2D eigenvalue weighted by molar-refractivity contribution is -0.296. The first-order valence-electron chi connectivity index (χ1n) is 41.0. The third-order valence-electron chi connectivity index (χ3n) is 34.8. The number of allylic oxidation sites excluding steroid dienone is 1. The Balaban J connectivity index is 0.000000112. The van der Waals surface area contributed by atoms with Crippen LogP contribution in [0, 0.1) is 85.8 Å². The molecule has 8 heterocycles. The van der Waals surface area contributed by atoms with E-state index >= 15 is 0 Å². The van der Waals surface area contributed by atoms with Crippen LogP contribution in [0.1, 0.15) is 215 Å². The molecule has 107 heavy (non-hydrogen) atoms. The summed E-state index contributed by atoms with van der Waals surface area (Å²) >= 11 is 0. The summed E-state index contributed by atoms with van der Waals surface area (Å²) in [6.07, 6.45) is 21.8. The van der Waals surface area contributed by atoms with Gasteiger partial charge in [-0.25, -0.2) is 0 Å². The van der Waals surface area contributed by atoms with Crippen LogP contribution in [-0.2, 0) is 83.1 Å². The topological polar surface area (TPSA) is 197 Å². The number of hydrogen-bond acceptors (Lipinski definition) is 17. The highest BCUT2D eigenvalue weighted by atomic mass is 16.8. The van der Waals surface area contributed by atoms with E-state index in [1.54, 1.807) is 0 Å². The molecule has 3 aromatic rings. The van der Waals surface area contributed by atoms with Crippen molar-refractivity contribution in [1.29, 1.82) is 0 Å². The molecule has 17 heteroatoms. The average molecular weight is 1480 g/mol. The summed E-state index contributed by atoms with van der Waals surface area (Å²) < 4.78 is 89.0. The fourth-order valence-electron chi connectivity index (χ4n) is 30.7. The van der Waals surface area contributed by atoms with Crippen molar-refractivity contribution in [3.8, 4) is 0 Å². The van der Waals surface area contributed by atoms with E-state index in [0.717, 1.165) is 132 Å². The molecule has 8 aliphatic heterocycles. The van der Waals surface area contributed by atoms with Crippen LogP contribution in [0.2, 0.25) is 0 Å². The maximum absolute atomic E-state index is 13.1. The summed E-state index contributed by atoms with van der Waals surface area (Å²) in [5.74, 6) is -0.331. The van der Waals surface area contributed by atoms with Crippen molar-refractivity contribution in [2.24, 2.45) is 85.8 Å². The Morgan fingerprint density at radius 3 is 1.01 bits per heavy atom. The molecule has 0 amide bonds. The van der Waals surface area contributed by atoms with Crippen LogP contribution in [0.5, 0.6) is 0 Å². The number of hydrogen-bond donors (Lipinski definition) is 3. The smallest absolute Gasteiger partial charge is 0.174 e. The molecule has 23 rings (SSSR count). The maximum atomic E-state index is 13.1. The Labute approximate surface area is 636 Å². The lowest BCUT2D eigenvalue weighted by Crippen LogP contribution is -2.68. The van der Waals surface area contributed by atoms with Crippen molar-refractivity contribution in [3.05, 3.63) is 119 Å². The number of benzene rings is 3. The highest BCUT2D eigenvalue weighted by Crippen LogP contribution is 2.82. The SMILES string of the molecule is C.C.C.C[C@]12CCC3(CC1=CC[C@@H]1[C@@H]2[C@](O)(c2ccccc2)C[C@@]2(C)[C@H]1CCC21OCCO1)OCCO3.C[C@]12C[C@@](O)(c3ccccc3)[C@H]3[C@@H](C[C@@H]4O[C@@]45CC4(CC[C@]35C)OCCO4)[C@@H]1CCC21OCCO1.C[C@]12C[C@@](O)(c3ccccc3)[C@H]3[C@@H](C[C@H]4O[C@]45CC4(CC[C@]35C)OCCO4)[C@@H]1CCC21OCCO1. The third kappa shape index (κ3) is 9.76. The van der Waals surface area contributed by atoms with E-state index in [4.69, 9.17) is 66.3 Å². The minimum atomic E-state index is -0.982. The number of epoxide rings is 2. The molecule has 0 unspecified atom stereocenters. The Kier molecular flexibility index (Phi) is 17.5. The molecule has 0 bridgehead atoms. The Morgan fingerprint density at radius 1 is 0.327 bits per heavy atom. The molecule has 3 aromatic carbocycles. The molecule has 8 saturated heterocycles. The maximum Gasteiger partial charge on any atom is 0.174 e. The van der Waals surface area contributed by atoms with Crippen molar-refractivity contribution in [1.82, 2.24) is 0 Å². The van der Waals surface area contributed by atoms with Gasteiger partial charge in [-0.2, -0.15) is 0 Å². The summed E-state index contributed by atoms with van der Waals surface area (Å²) in [6, 6.07) is 31.3. The molecule has 588 valence electrons. The highest BCUT2D eigenvalue weighted by molar-refractivity contribution is 5.40. The third-order valence-corrected chi connectivity index (χ3v) is 34.8. The second-order valence-corrected chi connectivity index (χ2v) is 38.4. The molecule has 20 aliphatic rings. The minimum absolute atomic E-state index is 0. The molecule has 19 fully saturated rings. The molecule has 17 nitrogen and oxygen atoms in total. The first-order chi connectivity index (χ1) is 49.9. The number of aliphatic hydroxyl groups is 3. The Hall–Kier alpha value is -3.28. The number of fused-ring (bicyclic) bond motifs is 16. The predicted molar refractivity (Wildman–Crippen MR) is 399 cm³/mol. The molecule has 3 N–H and O–H groups in total. The molecule has 0 aromatic heterocycles. The quantitative estimate of drug-likeness (QED) is 0.165. The van der Waals surface area contributed by atoms with E-state index in [2.05, 4.69) is 120 Å². The fraction of sp³-hybridized carbons (Fsp3) is 0.778. The molecule has 8 spiro atoms. The molecule has 11 saturated carbocycles. The zero-order valence-electron chi connectivity index (χ0n) is 62.5. The van der Waals surface area contributed by atoms with E-state index in [9.17, 15) is 15.3 Å². The Morgan fingerprint density at radius 2 is 0.645 bits per heavy atom. The van der Waals surface area contributed by atoms with Crippen molar-refractivity contribution in [2.75, 3.05) is 79.3 Å². The van der Waals surface area contributed by atoms with Crippen molar-refractivity contribution < 1.29 is 81.6 Å². The summed E-state index contributed by atoms with van der Waals surface area (Å²) in [7, 11) is 0. The zero-order valence-corrected chi connectivity index (χ0v) is 62.5. The van der Waals surface area contributed by atoms with Crippen LogP contribution in [0.3, 0.4) is 0 Å². The van der Waals surface area contributed by atoms with Crippen LogP contribution >= 0.6 is 0 Å². The largest absolute Gasteiger partial charge is 0.385 e. The number of rotatable bonds is 3. The molecular weight excluding hydrogens is 1350 g/mol. The molecule has 12 aliphatic carbocycles. The summed E-state index contributed by atoms with van der Waals surface area (Å²) in [6.45, 7) is 22.2. The van der Waals surface area contributed by atoms with Crippen LogP contribution in [0.25, 0.3) is 0 Å². The minimum Gasteiger partial charge on any atom is -0.385 e. The van der Waals surface area contributed by atoms with Crippen LogP contribution in [0.15, 0.2) is 103 Å². The first kappa shape index (κ1) is 75.1. The summed E-state index contributed by atoms with van der Waals surface area (Å²) in [5, 5.41) is 39.1. The van der Waals surface area contributed by atoms with Gasteiger partial charge in [0.25, 0.3) is 0 Å². The van der Waals surface area contributed by atoms with Gasteiger partial charge in [0.2, 0.25) is 0 Å². The van der Waals surface area contributed by atoms with Crippen molar-refractivity contribution >= 4 is 0 Å². The second kappa shape index (κ2) is 24.9. The molecular formula is C90H126O17. The molecule has 0 radical (unpaired) electrons. The van der Waals surface area contributed by atoms with Gasteiger partial charge in [-0.15, -0.1) is 0 Å². The monoisotopic (exact) mass is 1480 g/mol. The van der Waals surface area contributed by atoms with Gasteiger partial charge < -0.3 is 81.6 Å². The van der Waals surface area contributed by atoms with Gasteiger partial charge in [-0.05, 0) is 135 Å². The van der Waals surface area contributed by atoms with E-state index in [0.29, 0.717) is 134 Å². The van der Waals surface area contributed by atoms with Gasteiger partial charge in [0, 0.05) is 103 Å². The van der Waals surface area contributed by atoms with Gasteiger partial charge >= 0.3 is 0 Å². The van der Waals surface area contributed by atoms with Gasteiger partial charge in [-0.1, -0.05) is 166 Å². The lowest BCUT2D eigenvalue weighted by atomic mass is 9.40.